The number of nitrogens with one attached hydrogen (secondary N) is 1. The molecule has 3 aromatic rings. The van der Waals surface area contributed by atoms with Gasteiger partial charge in [0.2, 0.25) is 21.8 Å². The average Bonchev–Trinajstić information content (AvgIpc) is 2.86. The van der Waals surface area contributed by atoms with Crippen LogP contribution < -0.4 is 5.32 Å². The van der Waals surface area contributed by atoms with E-state index in [0.717, 1.165) is 16.3 Å². The lowest BCUT2D eigenvalue weighted by molar-refractivity contribution is -0.134. The molecule has 0 aliphatic carbocycles. The zero-order valence-electron chi connectivity index (χ0n) is 18.9. The van der Waals surface area contributed by atoms with Gasteiger partial charge >= 0.3 is 0 Å². The van der Waals surface area contributed by atoms with Gasteiger partial charge in [-0.15, -0.1) is 0 Å². The first-order chi connectivity index (χ1) is 16.7. The molecule has 0 atom stereocenters. The number of amides is 2. The van der Waals surface area contributed by atoms with Crippen molar-refractivity contribution >= 4 is 55.8 Å². The summed E-state index contributed by atoms with van der Waals surface area (Å²) in [6.45, 7) is 1.24. The van der Waals surface area contributed by atoms with Crippen molar-refractivity contribution in [2.75, 3.05) is 26.2 Å². The highest BCUT2D eigenvalue weighted by Crippen LogP contribution is 2.23. The first-order valence-corrected chi connectivity index (χ1v) is 13.4. The third-order valence-corrected chi connectivity index (χ3v) is 8.49. The Morgan fingerprint density at radius 1 is 0.857 bits per heavy atom. The van der Waals surface area contributed by atoms with Crippen LogP contribution >= 0.6 is 23.2 Å². The SMILES string of the molecule is O=C(CCC(=O)N1CCN(S(=O)(=O)c2ccc3ccccc3c2)CC1)NCc1ccc(Cl)cc1Cl. The van der Waals surface area contributed by atoms with Crippen LogP contribution in [-0.4, -0.2) is 55.6 Å². The Morgan fingerprint density at radius 3 is 2.29 bits per heavy atom. The highest BCUT2D eigenvalue weighted by molar-refractivity contribution is 7.89. The summed E-state index contributed by atoms with van der Waals surface area (Å²) in [5.74, 6) is -0.436. The third kappa shape index (κ3) is 6.13. The minimum atomic E-state index is -3.66. The fourth-order valence-electron chi connectivity index (χ4n) is 3.98. The van der Waals surface area contributed by atoms with E-state index in [2.05, 4.69) is 5.32 Å². The van der Waals surface area contributed by atoms with Crippen LogP contribution in [0.3, 0.4) is 0 Å². The lowest BCUT2D eigenvalue weighted by atomic mass is 10.1. The van der Waals surface area contributed by atoms with Gasteiger partial charge in [-0.1, -0.05) is 59.6 Å². The number of piperazine rings is 1. The number of carbonyl (C=O) groups excluding carboxylic acids is 2. The van der Waals surface area contributed by atoms with Crippen molar-refractivity contribution < 1.29 is 18.0 Å². The van der Waals surface area contributed by atoms with Crippen molar-refractivity contribution in [3.8, 4) is 0 Å². The number of nitrogens with zero attached hydrogens (tertiary/aromatic N) is 2. The standard InChI is InChI=1S/C25H25Cl2N3O4S/c26-21-7-5-20(23(27)16-21)17-28-24(31)9-10-25(32)29-11-13-30(14-12-29)35(33,34)22-8-6-18-3-1-2-4-19(18)15-22/h1-8,15-16H,9-14,17H2,(H,28,31). The van der Waals surface area contributed by atoms with Gasteiger partial charge in [0.05, 0.1) is 4.90 Å². The molecule has 35 heavy (non-hydrogen) atoms. The number of carbonyl (C=O) groups is 2. The van der Waals surface area contributed by atoms with E-state index in [4.69, 9.17) is 23.2 Å². The maximum atomic E-state index is 13.1. The Balaban J connectivity index is 1.26. The zero-order chi connectivity index (χ0) is 25.0. The lowest BCUT2D eigenvalue weighted by Gasteiger charge is -2.34. The molecule has 1 aliphatic heterocycles. The molecule has 0 radical (unpaired) electrons. The fourth-order valence-corrected chi connectivity index (χ4v) is 5.91. The summed E-state index contributed by atoms with van der Waals surface area (Å²) in [6.07, 6.45) is 0.0945. The van der Waals surface area contributed by atoms with Gasteiger partial charge in [-0.25, -0.2) is 8.42 Å². The van der Waals surface area contributed by atoms with Crippen LogP contribution in [0.25, 0.3) is 10.8 Å². The lowest BCUT2D eigenvalue weighted by Crippen LogP contribution is -2.50. The Labute approximate surface area is 214 Å². The van der Waals surface area contributed by atoms with Crippen molar-refractivity contribution in [1.82, 2.24) is 14.5 Å². The second-order valence-electron chi connectivity index (χ2n) is 8.31. The summed E-state index contributed by atoms with van der Waals surface area (Å²) in [6, 6.07) is 17.7. The number of fused-ring (bicyclic) bond motifs is 1. The maximum absolute atomic E-state index is 13.1. The van der Waals surface area contributed by atoms with Gasteiger partial charge in [0.25, 0.3) is 0 Å². The number of hydrogen-bond acceptors (Lipinski definition) is 4. The molecule has 0 bridgehead atoms. The minimum absolute atomic E-state index is 0.0413. The predicted molar refractivity (Wildman–Crippen MR) is 137 cm³/mol. The van der Waals surface area contributed by atoms with Gasteiger partial charge in [0.15, 0.2) is 0 Å². The van der Waals surface area contributed by atoms with E-state index < -0.39 is 10.0 Å². The topological polar surface area (TPSA) is 86.8 Å². The molecule has 2 amide bonds. The highest BCUT2D eigenvalue weighted by atomic mass is 35.5. The molecule has 1 heterocycles. The molecule has 0 saturated carbocycles. The molecule has 1 saturated heterocycles. The summed E-state index contributed by atoms with van der Waals surface area (Å²) in [5.41, 5.74) is 0.736. The molecule has 0 aromatic heterocycles. The molecule has 10 heteroatoms. The van der Waals surface area contributed by atoms with Gasteiger partial charge in [-0.05, 0) is 40.6 Å². The Kier molecular flexibility index (Phi) is 7.96. The van der Waals surface area contributed by atoms with Gasteiger partial charge in [-0.2, -0.15) is 4.31 Å². The quantitative estimate of drug-likeness (QED) is 0.495. The maximum Gasteiger partial charge on any atom is 0.243 e. The number of rotatable bonds is 7. The van der Waals surface area contributed by atoms with Crippen LogP contribution in [0.2, 0.25) is 10.0 Å². The number of hydrogen-bond donors (Lipinski definition) is 1. The second kappa shape index (κ2) is 11.0. The first kappa shape index (κ1) is 25.4. The third-order valence-electron chi connectivity index (χ3n) is 6.01. The van der Waals surface area contributed by atoms with E-state index in [0.29, 0.717) is 10.0 Å². The van der Waals surface area contributed by atoms with Crippen molar-refractivity contribution in [2.45, 2.75) is 24.3 Å². The van der Waals surface area contributed by atoms with Crippen molar-refractivity contribution in [3.05, 3.63) is 76.3 Å². The van der Waals surface area contributed by atoms with Gasteiger partial charge in [0, 0.05) is 55.6 Å². The van der Waals surface area contributed by atoms with E-state index in [1.54, 1.807) is 41.3 Å². The van der Waals surface area contributed by atoms with E-state index in [1.165, 1.54) is 4.31 Å². The van der Waals surface area contributed by atoms with Crippen LogP contribution in [0.4, 0.5) is 0 Å². The monoisotopic (exact) mass is 533 g/mol. The van der Waals surface area contributed by atoms with Crippen LogP contribution in [0, 0.1) is 0 Å². The molecule has 3 aromatic carbocycles. The zero-order valence-corrected chi connectivity index (χ0v) is 21.2. The fraction of sp³-hybridized carbons (Fsp3) is 0.280. The van der Waals surface area contributed by atoms with Crippen molar-refractivity contribution in [2.24, 2.45) is 0 Å². The molecule has 4 rings (SSSR count). The summed E-state index contributed by atoms with van der Waals surface area (Å²) in [7, 11) is -3.66. The van der Waals surface area contributed by atoms with Gasteiger partial charge < -0.3 is 10.2 Å². The molecule has 7 nitrogen and oxygen atoms in total. The minimum Gasteiger partial charge on any atom is -0.352 e. The molecule has 0 unspecified atom stereocenters. The van der Waals surface area contributed by atoms with Crippen molar-refractivity contribution in [3.63, 3.8) is 0 Å². The Morgan fingerprint density at radius 2 is 1.57 bits per heavy atom. The average molecular weight is 534 g/mol. The van der Waals surface area contributed by atoms with Gasteiger partial charge in [0.1, 0.15) is 0 Å². The van der Waals surface area contributed by atoms with Gasteiger partial charge in [-0.3, -0.25) is 9.59 Å². The largest absolute Gasteiger partial charge is 0.352 e. The van der Waals surface area contributed by atoms with Crippen LogP contribution in [0.1, 0.15) is 18.4 Å². The number of sulfonamides is 1. The smallest absolute Gasteiger partial charge is 0.243 e. The summed E-state index contributed by atoms with van der Waals surface area (Å²) >= 11 is 12.0. The normalized spacial score (nSPS) is 14.7. The van der Waals surface area contributed by atoms with E-state index >= 15 is 0 Å². The molecular formula is C25H25Cl2N3O4S. The number of halogens is 2. The summed E-state index contributed by atoms with van der Waals surface area (Å²) in [4.78, 5) is 26.6. The second-order valence-corrected chi connectivity index (χ2v) is 11.1. The summed E-state index contributed by atoms with van der Waals surface area (Å²) in [5, 5.41) is 5.56. The van der Waals surface area contributed by atoms with Crippen LogP contribution in [0.15, 0.2) is 65.6 Å². The summed E-state index contributed by atoms with van der Waals surface area (Å²) < 4.78 is 27.6. The number of benzene rings is 3. The molecule has 1 aliphatic rings. The van der Waals surface area contributed by atoms with E-state index in [1.807, 2.05) is 24.3 Å². The van der Waals surface area contributed by atoms with Crippen LogP contribution in [-0.2, 0) is 26.2 Å². The Bertz CT molecular complexity index is 1360. The molecule has 1 fully saturated rings. The van der Waals surface area contributed by atoms with Crippen molar-refractivity contribution in [1.29, 1.82) is 0 Å². The highest BCUT2D eigenvalue weighted by Gasteiger charge is 2.30. The molecule has 0 spiro atoms. The van der Waals surface area contributed by atoms with E-state index in [-0.39, 0.29) is 62.3 Å². The first-order valence-electron chi connectivity index (χ1n) is 11.2. The molecule has 1 N–H and O–H groups in total. The van der Waals surface area contributed by atoms with Crippen LogP contribution in [0.5, 0.6) is 0 Å². The Hall–Kier alpha value is -2.65. The molecule has 184 valence electrons. The predicted octanol–water partition coefficient (Wildman–Crippen LogP) is 4.08. The van der Waals surface area contributed by atoms with E-state index in [9.17, 15) is 18.0 Å². The molecular weight excluding hydrogens is 509 g/mol.